The molecule has 1 amide bonds. The van der Waals surface area contributed by atoms with Gasteiger partial charge in [0.05, 0.1) is 6.10 Å². The zero-order valence-corrected chi connectivity index (χ0v) is 12.9. The number of hydrogen-bond donors (Lipinski definition) is 2. The number of carbonyl (C=O) groups excluding carboxylic acids is 1. The first-order chi connectivity index (χ1) is 11.1. The number of amides is 1. The Balaban J connectivity index is 2.61. The third-order valence-electron chi connectivity index (χ3n) is 3.13. The fraction of sp³-hybridized carbons (Fsp3) is 0.250. The quantitative estimate of drug-likeness (QED) is 0.897. The van der Waals surface area contributed by atoms with Gasteiger partial charge in [-0.1, -0.05) is 12.1 Å². The standard InChI is InChI=1S/C16H15F3N2O3/c1-8(2)24-10-5-3-9(4-6-10)11-7-12(14(20)22)15(23)21-13(11)16(17,18)19/h3-8H,1-2H3,(H2,20,22)(H,21,23). The van der Waals surface area contributed by atoms with Gasteiger partial charge in [0, 0.05) is 5.56 Å². The first kappa shape index (κ1) is 17.6. The molecule has 0 unspecified atom stereocenters. The number of halogens is 3. The second-order valence-corrected chi connectivity index (χ2v) is 5.35. The van der Waals surface area contributed by atoms with Crippen LogP contribution < -0.4 is 16.0 Å². The van der Waals surface area contributed by atoms with E-state index in [-0.39, 0.29) is 17.2 Å². The van der Waals surface area contributed by atoms with Gasteiger partial charge in [0.1, 0.15) is 17.0 Å². The molecule has 1 aromatic carbocycles. The summed E-state index contributed by atoms with van der Waals surface area (Å²) in [6, 6.07) is 6.67. The van der Waals surface area contributed by atoms with Gasteiger partial charge in [0.15, 0.2) is 0 Å². The first-order valence-corrected chi connectivity index (χ1v) is 7.01. The van der Waals surface area contributed by atoms with Crippen molar-refractivity contribution in [2.24, 2.45) is 5.73 Å². The van der Waals surface area contributed by atoms with E-state index >= 15 is 0 Å². The van der Waals surface area contributed by atoms with Crippen LogP contribution in [0.1, 0.15) is 29.9 Å². The van der Waals surface area contributed by atoms with Crippen LogP contribution in [0.15, 0.2) is 35.1 Å². The third kappa shape index (κ3) is 3.76. The molecule has 1 aromatic heterocycles. The van der Waals surface area contributed by atoms with Crippen molar-refractivity contribution in [3.8, 4) is 16.9 Å². The molecule has 2 aromatic rings. The van der Waals surface area contributed by atoms with E-state index in [1.165, 1.54) is 24.3 Å². The Morgan fingerprint density at radius 3 is 2.25 bits per heavy atom. The van der Waals surface area contributed by atoms with Crippen LogP contribution in [0.2, 0.25) is 0 Å². The van der Waals surface area contributed by atoms with Crippen molar-refractivity contribution in [2.45, 2.75) is 26.1 Å². The molecule has 128 valence electrons. The molecule has 1 heterocycles. The zero-order chi connectivity index (χ0) is 18.1. The molecule has 0 aliphatic heterocycles. The number of ether oxygens (including phenoxy) is 1. The molecule has 0 saturated carbocycles. The van der Waals surface area contributed by atoms with Crippen LogP contribution in [0.5, 0.6) is 5.75 Å². The van der Waals surface area contributed by atoms with Gasteiger partial charge in [-0.15, -0.1) is 0 Å². The third-order valence-corrected chi connectivity index (χ3v) is 3.13. The van der Waals surface area contributed by atoms with Crippen LogP contribution in [0.25, 0.3) is 11.1 Å². The Morgan fingerprint density at radius 1 is 1.21 bits per heavy atom. The molecular formula is C16H15F3N2O3. The Bertz CT molecular complexity index is 809. The van der Waals surface area contributed by atoms with E-state index in [2.05, 4.69) is 0 Å². The highest BCUT2D eigenvalue weighted by Gasteiger charge is 2.36. The SMILES string of the molecule is CC(C)Oc1ccc(-c2cc(C(N)=O)c(=O)[nH]c2C(F)(F)F)cc1. The highest BCUT2D eigenvalue weighted by atomic mass is 19.4. The highest BCUT2D eigenvalue weighted by Crippen LogP contribution is 2.35. The number of H-pyrrole nitrogens is 1. The maximum absolute atomic E-state index is 13.2. The van der Waals surface area contributed by atoms with Gasteiger partial charge in [-0.2, -0.15) is 13.2 Å². The molecule has 0 aliphatic rings. The predicted octanol–water partition coefficient (Wildman–Crippen LogP) is 2.95. The van der Waals surface area contributed by atoms with E-state index in [4.69, 9.17) is 10.5 Å². The molecular weight excluding hydrogens is 325 g/mol. The predicted molar refractivity (Wildman–Crippen MR) is 81.8 cm³/mol. The molecule has 5 nitrogen and oxygen atoms in total. The maximum Gasteiger partial charge on any atom is 0.431 e. The van der Waals surface area contributed by atoms with Gasteiger partial charge in [-0.05, 0) is 37.6 Å². The molecule has 8 heteroatoms. The van der Waals surface area contributed by atoms with Gasteiger partial charge < -0.3 is 15.5 Å². The summed E-state index contributed by atoms with van der Waals surface area (Å²) in [6.45, 7) is 3.63. The number of aromatic nitrogens is 1. The number of hydrogen-bond acceptors (Lipinski definition) is 3. The topological polar surface area (TPSA) is 85.2 Å². The lowest BCUT2D eigenvalue weighted by Crippen LogP contribution is -2.27. The van der Waals surface area contributed by atoms with Gasteiger partial charge in [-0.3, -0.25) is 9.59 Å². The molecule has 24 heavy (non-hydrogen) atoms. The zero-order valence-electron chi connectivity index (χ0n) is 12.9. The van der Waals surface area contributed by atoms with Crippen molar-refractivity contribution in [2.75, 3.05) is 0 Å². The lowest BCUT2D eigenvalue weighted by Gasteiger charge is -2.14. The lowest BCUT2D eigenvalue weighted by atomic mass is 10.0. The van der Waals surface area contributed by atoms with Gasteiger partial charge in [-0.25, -0.2) is 0 Å². The number of aromatic amines is 1. The van der Waals surface area contributed by atoms with Gasteiger partial charge in [0.25, 0.3) is 11.5 Å². The lowest BCUT2D eigenvalue weighted by molar-refractivity contribution is -0.140. The van der Waals surface area contributed by atoms with Crippen molar-refractivity contribution in [1.29, 1.82) is 0 Å². The second-order valence-electron chi connectivity index (χ2n) is 5.35. The van der Waals surface area contributed by atoms with Crippen LogP contribution in [-0.2, 0) is 6.18 Å². The van der Waals surface area contributed by atoms with Crippen molar-refractivity contribution in [3.05, 3.63) is 51.9 Å². The van der Waals surface area contributed by atoms with Crippen LogP contribution in [0.4, 0.5) is 13.2 Å². The largest absolute Gasteiger partial charge is 0.491 e. The van der Waals surface area contributed by atoms with Crippen molar-refractivity contribution in [1.82, 2.24) is 4.98 Å². The Kier molecular flexibility index (Phi) is 4.68. The summed E-state index contributed by atoms with van der Waals surface area (Å²) in [4.78, 5) is 24.6. The molecule has 0 fully saturated rings. The number of alkyl halides is 3. The monoisotopic (exact) mass is 340 g/mol. The number of rotatable bonds is 4. The van der Waals surface area contributed by atoms with Crippen LogP contribution in [-0.4, -0.2) is 17.0 Å². The Labute approximate surface area is 135 Å². The number of benzene rings is 1. The Morgan fingerprint density at radius 2 is 1.79 bits per heavy atom. The minimum absolute atomic E-state index is 0.0869. The van der Waals surface area contributed by atoms with E-state index in [0.29, 0.717) is 5.75 Å². The number of primary amides is 1. The molecule has 0 saturated heterocycles. The number of pyridine rings is 1. The van der Waals surface area contributed by atoms with Crippen molar-refractivity contribution in [3.63, 3.8) is 0 Å². The fourth-order valence-corrected chi connectivity index (χ4v) is 2.15. The number of carbonyl (C=O) groups is 1. The van der Waals surface area contributed by atoms with Crippen LogP contribution >= 0.6 is 0 Å². The average Bonchev–Trinajstić information content (AvgIpc) is 2.46. The molecule has 0 bridgehead atoms. The highest BCUT2D eigenvalue weighted by molar-refractivity contribution is 5.93. The fourth-order valence-electron chi connectivity index (χ4n) is 2.15. The van der Waals surface area contributed by atoms with E-state index in [0.717, 1.165) is 6.07 Å². The maximum atomic E-state index is 13.2. The summed E-state index contributed by atoms with van der Waals surface area (Å²) in [5.74, 6) is -0.618. The molecule has 0 spiro atoms. The summed E-state index contributed by atoms with van der Waals surface area (Å²) in [5, 5.41) is 0. The van der Waals surface area contributed by atoms with E-state index in [1.807, 2.05) is 13.8 Å². The Hall–Kier alpha value is -2.77. The summed E-state index contributed by atoms with van der Waals surface area (Å²) in [6.07, 6.45) is -4.88. The van der Waals surface area contributed by atoms with E-state index in [1.54, 1.807) is 4.98 Å². The molecule has 0 aliphatic carbocycles. The van der Waals surface area contributed by atoms with Crippen LogP contribution in [0.3, 0.4) is 0 Å². The summed E-state index contributed by atoms with van der Waals surface area (Å²) < 4.78 is 45.0. The average molecular weight is 340 g/mol. The minimum Gasteiger partial charge on any atom is -0.491 e. The molecule has 0 atom stereocenters. The van der Waals surface area contributed by atoms with Gasteiger partial charge >= 0.3 is 6.18 Å². The second kappa shape index (κ2) is 6.38. The van der Waals surface area contributed by atoms with E-state index in [9.17, 15) is 22.8 Å². The van der Waals surface area contributed by atoms with Gasteiger partial charge in [0.2, 0.25) is 0 Å². The molecule has 3 N–H and O–H groups in total. The van der Waals surface area contributed by atoms with E-state index < -0.39 is 28.9 Å². The molecule has 0 radical (unpaired) electrons. The summed E-state index contributed by atoms with van der Waals surface area (Å²) in [7, 11) is 0. The summed E-state index contributed by atoms with van der Waals surface area (Å²) in [5.41, 5.74) is 1.90. The number of nitrogens with two attached hydrogens (primary N) is 1. The minimum atomic E-state index is -4.79. The normalized spacial score (nSPS) is 11.6. The first-order valence-electron chi connectivity index (χ1n) is 7.01. The van der Waals surface area contributed by atoms with Crippen LogP contribution in [0, 0.1) is 0 Å². The number of nitrogens with one attached hydrogen (secondary N) is 1. The van der Waals surface area contributed by atoms with Crippen molar-refractivity contribution < 1.29 is 22.7 Å². The molecule has 2 rings (SSSR count). The summed E-state index contributed by atoms with van der Waals surface area (Å²) >= 11 is 0. The van der Waals surface area contributed by atoms with Crippen molar-refractivity contribution >= 4 is 5.91 Å². The smallest absolute Gasteiger partial charge is 0.431 e.